The van der Waals surface area contributed by atoms with E-state index in [0.717, 1.165) is 21.6 Å². The van der Waals surface area contributed by atoms with Gasteiger partial charge in [-0.05, 0) is 22.5 Å². The quantitative estimate of drug-likeness (QED) is 0.210. The van der Waals surface area contributed by atoms with Crippen LogP contribution in [-0.2, 0) is 14.0 Å². The molecule has 0 fully saturated rings. The van der Waals surface area contributed by atoms with Crippen molar-refractivity contribution < 1.29 is 14.0 Å². The Kier molecular flexibility index (Phi) is 6.01. The minimum atomic E-state index is -2.88. The van der Waals surface area contributed by atoms with Gasteiger partial charge in [0.15, 0.2) is 6.29 Å². The fourth-order valence-electron chi connectivity index (χ4n) is 3.21. The van der Waals surface area contributed by atoms with E-state index in [1.807, 2.05) is 54.6 Å². The summed E-state index contributed by atoms with van der Waals surface area (Å²) < 4.78 is 12.0. The summed E-state index contributed by atoms with van der Waals surface area (Å²) >= 11 is 0. The monoisotopic (exact) mass is 374 g/mol. The van der Waals surface area contributed by atoms with Crippen molar-refractivity contribution in [3.8, 4) is 0 Å². The highest BCUT2D eigenvalue weighted by Crippen LogP contribution is 2.13. The first kappa shape index (κ1) is 18.8. The number of carbonyl (C=O) groups excluding carboxylic acids is 1. The topological polar surface area (TPSA) is 35.5 Å². The molecule has 27 heavy (non-hydrogen) atoms. The third-order valence-corrected chi connectivity index (χ3v) is 8.46. The molecule has 0 radical (unpaired) electrons. The highest BCUT2D eigenvalue weighted by Gasteiger charge is 2.43. The molecule has 1 atom stereocenters. The van der Waals surface area contributed by atoms with Crippen LogP contribution in [0.2, 0.25) is 0 Å². The summed E-state index contributed by atoms with van der Waals surface area (Å²) in [4.78, 5) is 11.7. The Hall–Kier alpha value is -2.95. The Bertz CT molecular complexity index is 783. The molecule has 0 amide bonds. The zero-order valence-electron chi connectivity index (χ0n) is 15.2. The number of benzene rings is 3. The van der Waals surface area contributed by atoms with Gasteiger partial charge in [-0.25, -0.2) is 4.79 Å². The summed E-state index contributed by atoms with van der Waals surface area (Å²) in [6.45, 7) is 5.21. The van der Waals surface area contributed by atoms with Crippen molar-refractivity contribution in [3.05, 3.63) is 104 Å². The lowest BCUT2D eigenvalue weighted by Crippen LogP contribution is -2.70. The van der Waals surface area contributed by atoms with Crippen LogP contribution in [0.15, 0.2) is 104 Å². The van der Waals surface area contributed by atoms with Gasteiger partial charge in [0, 0.05) is 6.08 Å². The molecule has 0 aromatic heterocycles. The average Bonchev–Trinajstić information content (AvgIpc) is 2.74. The van der Waals surface area contributed by atoms with Gasteiger partial charge in [0.05, 0.1) is 0 Å². The molecule has 0 spiro atoms. The number of hydrogen-bond donors (Lipinski definition) is 0. The summed E-state index contributed by atoms with van der Waals surface area (Å²) in [6, 6.07) is 30.5. The molecular weight excluding hydrogens is 352 g/mol. The first-order chi connectivity index (χ1) is 13.2. The largest absolute Gasteiger partial charge is 0.434 e. The maximum atomic E-state index is 11.7. The standard InChI is InChI=1S/C23H22O3Si/c1-3-23(24)25-19(2)26-27(20-13-7-4-8-14-20,21-15-9-5-10-16-21)22-17-11-6-12-18-22/h3-19H,1H2,2H3. The molecular formula is C23H22O3Si. The second kappa shape index (κ2) is 8.62. The molecule has 0 bridgehead atoms. The predicted molar refractivity (Wildman–Crippen MR) is 111 cm³/mol. The lowest BCUT2D eigenvalue weighted by atomic mass is 10.3. The Labute approximate surface area is 161 Å². The Balaban J connectivity index is 2.19. The smallest absolute Gasteiger partial charge is 0.332 e. The molecule has 3 rings (SSSR count). The SMILES string of the molecule is C=CC(=O)OC(C)O[Si](c1ccccc1)(c1ccccc1)c1ccccc1. The number of rotatable bonds is 7. The van der Waals surface area contributed by atoms with E-state index in [1.165, 1.54) is 0 Å². The molecule has 3 nitrogen and oxygen atoms in total. The minimum absolute atomic E-state index is 0.500. The number of hydrogen-bond acceptors (Lipinski definition) is 3. The van der Waals surface area contributed by atoms with Gasteiger partial charge in [0.2, 0.25) is 0 Å². The molecule has 0 N–H and O–H groups in total. The normalized spacial score (nSPS) is 12.2. The lowest BCUT2D eigenvalue weighted by Gasteiger charge is -2.35. The summed E-state index contributed by atoms with van der Waals surface area (Å²) in [6.07, 6.45) is 0.430. The van der Waals surface area contributed by atoms with Crippen LogP contribution < -0.4 is 15.6 Å². The molecule has 0 aliphatic carbocycles. The van der Waals surface area contributed by atoms with Gasteiger partial charge in [-0.1, -0.05) is 97.6 Å². The maximum Gasteiger partial charge on any atom is 0.332 e. The zero-order valence-corrected chi connectivity index (χ0v) is 16.2. The van der Waals surface area contributed by atoms with E-state index < -0.39 is 20.6 Å². The van der Waals surface area contributed by atoms with Gasteiger partial charge in [-0.3, -0.25) is 0 Å². The van der Waals surface area contributed by atoms with Crippen molar-refractivity contribution >= 4 is 29.8 Å². The van der Waals surface area contributed by atoms with Crippen molar-refractivity contribution in [3.63, 3.8) is 0 Å². The third kappa shape index (κ3) is 4.08. The fourth-order valence-corrected chi connectivity index (χ4v) is 7.15. The van der Waals surface area contributed by atoms with Crippen molar-refractivity contribution in [2.75, 3.05) is 0 Å². The Morgan fingerprint density at radius 2 is 1.19 bits per heavy atom. The van der Waals surface area contributed by atoms with E-state index in [9.17, 15) is 4.79 Å². The molecule has 0 saturated heterocycles. The molecule has 4 heteroatoms. The lowest BCUT2D eigenvalue weighted by molar-refractivity contribution is -0.155. The first-order valence-corrected chi connectivity index (χ1v) is 10.7. The third-order valence-electron chi connectivity index (χ3n) is 4.33. The van der Waals surface area contributed by atoms with Crippen molar-refractivity contribution in [2.24, 2.45) is 0 Å². The van der Waals surface area contributed by atoms with Gasteiger partial charge >= 0.3 is 5.97 Å². The number of carbonyl (C=O) groups is 1. The van der Waals surface area contributed by atoms with Crippen LogP contribution in [0.3, 0.4) is 0 Å². The average molecular weight is 375 g/mol. The Morgan fingerprint density at radius 1 is 0.815 bits per heavy atom. The summed E-state index contributed by atoms with van der Waals surface area (Å²) in [5.41, 5.74) is 0. The molecule has 3 aromatic carbocycles. The van der Waals surface area contributed by atoms with Crippen LogP contribution in [0.25, 0.3) is 0 Å². The van der Waals surface area contributed by atoms with Crippen molar-refractivity contribution in [1.82, 2.24) is 0 Å². The highest BCUT2D eigenvalue weighted by atomic mass is 28.4. The first-order valence-electron chi connectivity index (χ1n) is 8.84. The van der Waals surface area contributed by atoms with Gasteiger partial charge in [0.1, 0.15) is 0 Å². The molecule has 3 aromatic rings. The van der Waals surface area contributed by atoms with E-state index >= 15 is 0 Å². The Morgan fingerprint density at radius 3 is 1.52 bits per heavy atom. The van der Waals surface area contributed by atoms with Crippen LogP contribution in [0.1, 0.15) is 6.92 Å². The van der Waals surface area contributed by atoms with E-state index in [-0.39, 0.29) is 0 Å². The summed E-state index contributed by atoms with van der Waals surface area (Å²) in [5.74, 6) is -0.500. The highest BCUT2D eigenvalue weighted by molar-refractivity contribution is 7.07. The fraction of sp³-hybridized carbons (Fsp3) is 0.0870. The van der Waals surface area contributed by atoms with Crippen LogP contribution in [0.5, 0.6) is 0 Å². The van der Waals surface area contributed by atoms with E-state index in [2.05, 4.69) is 43.0 Å². The van der Waals surface area contributed by atoms with Crippen LogP contribution >= 0.6 is 0 Å². The van der Waals surface area contributed by atoms with Crippen LogP contribution in [-0.4, -0.2) is 20.6 Å². The minimum Gasteiger partial charge on any atom is -0.434 e. The molecule has 0 aliphatic rings. The van der Waals surface area contributed by atoms with Crippen LogP contribution in [0, 0.1) is 0 Å². The second-order valence-electron chi connectivity index (χ2n) is 6.11. The maximum absolute atomic E-state index is 11.7. The molecule has 136 valence electrons. The second-order valence-corrected chi connectivity index (χ2v) is 9.44. The van der Waals surface area contributed by atoms with Crippen molar-refractivity contribution in [1.29, 1.82) is 0 Å². The molecule has 0 aliphatic heterocycles. The van der Waals surface area contributed by atoms with E-state index in [0.29, 0.717) is 0 Å². The summed E-state index contributed by atoms with van der Waals surface area (Å²) in [5, 5.41) is 3.26. The van der Waals surface area contributed by atoms with Crippen molar-refractivity contribution in [2.45, 2.75) is 13.2 Å². The number of esters is 1. The zero-order chi connectivity index (χ0) is 19.1. The summed E-state index contributed by atoms with van der Waals surface area (Å²) in [7, 11) is -2.88. The molecule has 1 unspecified atom stereocenters. The predicted octanol–water partition coefficient (Wildman–Crippen LogP) is 2.75. The van der Waals surface area contributed by atoms with Gasteiger partial charge in [-0.15, -0.1) is 0 Å². The van der Waals surface area contributed by atoms with Gasteiger partial charge < -0.3 is 9.16 Å². The van der Waals surface area contributed by atoms with Gasteiger partial charge in [-0.2, -0.15) is 0 Å². The molecule has 0 saturated carbocycles. The van der Waals surface area contributed by atoms with Crippen LogP contribution in [0.4, 0.5) is 0 Å². The van der Waals surface area contributed by atoms with Gasteiger partial charge in [0.25, 0.3) is 8.32 Å². The van der Waals surface area contributed by atoms with E-state index in [4.69, 9.17) is 9.16 Å². The molecule has 0 heterocycles. The number of ether oxygens (including phenoxy) is 1. The van der Waals surface area contributed by atoms with E-state index in [1.54, 1.807) is 6.92 Å².